The van der Waals surface area contributed by atoms with Gasteiger partial charge in [-0.15, -0.1) is 10.2 Å². The first-order chi connectivity index (χ1) is 13.9. The summed E-state index contributed by atoms with van der Waals surface area (Å²) >= 11 is 13.5. The fraction of sp³-hybridized carbons (Fsp3) is 0.190. The molecule has 148 valence electrons. The van der Waals surface area contributed by atoms with E-state index in [0.717, 1.165) is 21.9 Å². The zero-order valence-corrected chi connectivity index (χ0v) is 18.2. The van der Waals surface area contributed by atoms with Gasteiger partial charge in [0.05, 0.1) is 16.2 Å². The van der Waals surface area contributed by atoms with E-state index < -0.39 is 0 Å². The predicted molar refractivity (Wildman–Crippen MR) is 120 cm³/mol. The zero-order valence-electron chi connectivity index (χ0n) is 15.9. The minimum absolute atomic E-state index is 0.118. The van der Waals surface area contributed by atoms with Crippen molar-refractivity contribution in [2.24, 2.45) is 0 Å². The number of nitrogens with zero attached hydrogens (tertiary/aromatic N) is 3. The lowest BCUT2D eigenvalue weighted by Crippen LogP contribution is -2.12. The summed E-state index contributed by atoms with van der Waals surface area (Å²) in [5.74, 6) is 0.450. The summed E-state index contributed by atoms with van der Waals surface area (Å²) in [7, 11) is 0. The lowest BCUT2D eigenvalue weighted by Gasteiger charge is -2.10. The van der Waals surface area contributed by atoms with Crippen LogP contribution in [-0.2, 0) is 4.79 Å². The van der Waals surface area contributed by atoms with Gasteiger partial charge >= 0.3 is 0 Å². The molecule has 0 atom stereocenters. The molecule has 0 bridgehead atoms. The summed E-state index contributed by atoms with van der Waals surface area (Å²) in [5.41, 5.74) is 4.79. The van der Waals surface area contributed by atoms with Crippen LogP contribution in [0.5, 0.6) is 0 Å². The molecular weight excluding hydrogens is 427 g/mol. The summed E-state index contributed by atoms with van der Waals surface area (Å²) in [5, 5.41) is 14.4. The molecule has 1 N–H and O–H groups in total. The second-order valence-corrected chi connectivity index (χ2v) is 8.65. The third-order valence-electron chi connectivity index (χ3n) is 4.66. The Balaban J connectivity index is 1.51. The molecule has 8 heteroatoms. The highest BCUT2D eigenvalue weighted by atomic mass is 35.5. The number of anilines is 1. The van der Waals surface area contributed by atoms with Gasteiger partial charge in [-0.25, -0.2) is 0 Å². The zero-order chi connectivity index (χ0) is 20.5. The third-order valence-corrected chi connectivity index (χ3v) is 6.13. The van der Waals surface area contributed by atoms with Gasteiger partial charge in [-0.1, -0.05) is 53.2 Å². The Morgan fingerprint density at radius 2 is 1.93 bits per heavy atom. The van der Waals surface area contributed by atoms with E-state index in [2.05, 4.69) is 52.0 Å². The number of nitrogens with one attached hydrogen (secondary N) is 1. The number of hydrogen-bond acceptors (Lipinski definition) is 4. The van der Waals surface area contributed by atoms with E-state index in [0.29, 0.717) is 27.9 Å². The number of thioether (sulfide) groups is 1. The number of fused-ring (bicyclic) bond motifs is 3. The Bertz CT molecular complexity index is 1240. The SMILES string of the molecule is Cc1cc2nnc(SCCC(=O)Nc3ccc(Cl)cc3Cl)n2c2c(C)cccc12. The monoisotopic (exact) mass is 444 g/mol. The van der Waals surface area contributed by atoms with Crippen molar-refractivity contribution >= 4 is 63.1 Å². The van der Waals surface area contributed by atoms with Crippen molar-refractivity contribution in [3.8, 4) is 0 Å². The third kappa shape index (κ3) is 4.06. The Morgan fingerprint density at radius 1 is 1.10 bits per heavy atom. The first-order valence-corrected chi connectivity index (χ1v) is 10.8. The molecule has 0 aliphatic rings. The van der Waals surface area contributed by atoms with Crippen LogP contribution in [0.4, 0.5) is 5.69 Å². The van der Waals surface area contributed by atoms with Crippen molar-refractivity contribution in [3.63, 3.8) is 0 Å². The summed E-state index contributed by atoms with van der Waals surface area (Å²) in [4.78, 5) is 12.3. The highest BCUT2D eigenvalue weighted by Crippen LogP contribution is 2.29. The van der Waals surface area contributed by atoms with Crippen molar-refractivity contribution in [1.82, 2.24) is 14.6 Å². The van der Waals surface area contributed by atoms with Crippen molar-refractivity contribution in [1.29, 1.82) is 0 Å². The molecule has 2 aromatic heterocycles. The van der Waals surface area contributed by atoms with Crippen molar-refractivity contribution in [2.45, 2.75) is 25.4 Å². The molecule has 0 aliphatic heterocycles. The van der Waals surface area contributed by atoms with Crippen LogP contribution in [-0.4, -0.2) is 26.3 Å². The second kappa shape index (κ2) is 8.22. The maximum Gasteiger partial charge on any atom is 0.225 e. The van der Waals surface area contributed by atoms with Crippen LogP contribution in [0.25, 0.3) is 16.6 Å². The van der Waals surface area contributed by atoms with Gasteiger partial charge in [0, 0.05) is 22.6 Å². The van der Waals surface area contributed by atoms with Crippen LogP contribution in [0, 0.1) is 13.8 Å². The molecule has 5 nitrogen and oxygen atoms in total. The minimum Gasteiger partial charge on any atom is -0.325 e. The quantitative estimate of drug-likeness (QED) is 0.387. The van der Waals surface area contributed by atoms with Gasteiger partial charge in [0.15, 0.2) is 10.8 Å². The standard InChI is InChI=1S/C21H18Cl2N4OS/c1-12-4-3-5-15-13(2)10-18-25-26-21(27(18)20(12)15)29-9-8-19(28)24-17-7-6-14(22)11-16(17)23/h3-7,10-11H,8-9H2,1-2H3,(H,24,28). The van der Waals surface area contributed by atoms with E-state index in [4.69, 9.17) is 23.2 Å². The fourth-order valence-electron chi connectivity index (χ4n) is 3.26. The number of rotatable bonds is 5. The molecule has 2 aromatic carbocycles. The van der Waals surface area contributed by atoms with Gasteiger partial charge in [0.1, 0.15) is 0 Å². The van der Waals surface area contributed by atoms with E-state index >= 15 is 0 Å². The summed E-state index contributed by atoms with van der Waals surface area (Å²) in [6, 6.07) is 13.3. The maximum absolute atomic E-state index is 12.3. The lowest BCUT2D eigenvalue weighted by molar-refractivity contribution is -0.115. The van der Waals surface area contributed by atoms with E-state index in [1.165, 1.54) is 22.7 Å². The second-order valence-electron chi connectivity index (χ2n) is 6.75. The lowest BCUT2D eigenvalue weighted by atomic mass is 10.1. The Kier molecular flexibility index (Phi) is 5.67. The highest BCUT2D eigenvalue weighted by molar-refractivity contribution is 7.99. The van der Waals surface area contributed by atoms with Gasteiger partial charge in [-0.3, -0.25) is 9.20 Å². The molecule has 2 heterocycles. The molecular formula is C21H18Cl2N4OS. The van der Waals surface area contributed by atoms with Crippen LogP contribution < -0.4 is 5.32 Å². The number of benzene rings is 2. The molecule has 0 fully saturated rings. The number of para-hydroxylation sites is 1. The number of aromatic nitrogens is 3. The maximum atomic E-state index is 12.3. The van der Waals surface area contributed by atoms with Crippen molar-refractivity contribution in [3.05, 3.63) is 63.6 Å². The van der Waals surface area contributed by atoms with Gasteiger partial charge < -0.3 is 5.32 Å². The van der Waals surface area contributed by atoms with Crippen LogP contribution in [0.2, 0.25) is 10.0 Å². The molecule has 0 saturated heterocycles. The topological polar surface area (TPSA) is 59.3 Å². The van der Waals surface area contributed by atoms with E-state index in [1.54, 1.807) is 18.2 Å². The molecule has 29 heavy (non-hydrogen) atoms. The average Bonchev–Trinajstić information content (AvgIpc) is 3.07. The van der Waals surface area contributed by atoms with Crippen LogP contribution >= 0.6 is 35.0 Å². The molecule has 0 radical (unpaired) electrons. The summed E-state index contributed by atoms with van der Waals surface area (Å²) < 4.78 is 2.07. The largest absolute Gasteiger partial charge is 0.325 e. The summed E-state index contributed by atoms with van der Waals surface area (Å²) in [6.07, 6.45) is 0.321. The van der Waals surface area contributed by atoms with Gasteiger partial charge in [0.25, 0.3) is 0 Å². The first-order valence-electron chi connectivity index (χ1n) is 9.06. The molecule has 4 rings (SSSR count). The average molecular weight is 445 g/mol. The number of hydrogen-bond donors (Lipinski definition) is 1. The number of halogens is 2. The molecule has 1 amide bonds. The minimum atomic E-state index is -0.118. The molecule has 0 unspecified atom stereocenters. The Morgan fingerprint density at radius 3 is 2.72 bits per heavy atom. The van der Waals surface area contributed by atoms with Crippen LogP contribution in [0.3, 0.4) is 0 Å². The smallest absolute Gasteiger partial charge is 0.225 e. The highest BCUT2D eigenvalue weighted by Gasteiger charge is 2.14. The van der Waals surface area contributed by atoms with Crippen molar-refractivity contribution in [2.75, 3.05) is 11.1 Å². The van der Waals surface area contributed by atoms with Crippen LogP contribution in [0.15, 0.2) is 47.6 Å². The van der Waals surface area contributed by atoms with E-state index in [1.807, 2.05) is 6.07 Å². The number of carbonyl (C=O) groups is 1. The van der Waals surface area contributed by atoms with Crippen molar-refractivity contribution < 1.29 is 4.79 Å². The molecule has 0 saturated carbocycles. The predicted octanol–water partition coefficient (Wildman–Crippen LogP) is 5.93. The first kappa shape index (κ1) is 20.0. The molecule has 0 spiro atoms. The normalized spacial score (nSPS) is 11.3. The molecule has 4 aromatic rings. The van der Waals surface area contributed by atoms with Crippen LogP contribution in [0.1, 0.15) is 17.5 Å². The number of carbonyl (C=O) groups excluding carboxylic acids is 1. The number of amides is 1. The number of aryl methyl sites for hydroxylation is 2. The Hall–Kier alpha value is -2.28. The molecule has 0 aliphatic carbocycles. The van der Waals surface area contributed by atoms with E-state index in [-0.39, 0.29) is 5.91 Å². The summed E-state index contributed by atoms with van der Waals surface area (Å²) in [6.45, 7) is 4.16. The fourth-order valence-corrected chi connectivity index (χ4v) is 4.60. The Labute approximate surface area is 182 Å². The van der Waals surface area contributed by atoms with Gasteiger partial charge in [0.2, 0.25) is 5.91 Å². The van der Waals surface area contributed by atoms with E-state index in [9.17, 15) is 4.79 Å². The van der Waals surface area contributed by atoms with Gasteiger partial charge in [-0.05, 0) is 49.2 Å². The van der Waals surface area contributed by atoms with Gasteiger partial charge in [-0.2, -0.15) is 0 Å². The number of pyridine rings is 1.